The number of aromatic nitrogens is 1. The highest BCUT2D eigenvalue weighted by atomic mass is 35.5. The van der Waals surface area contributed by atoms with Gasteiger partial charge in [-0.05, 0) is 30.7 Å². The standard InChI is InChI=1S/C21H20ClFN4OS/c1-13(14-3-5-15(23)6-4-14)26-7-9-27(10-8-26)19-16-11-18(22)29-21(16)25(2)20(28)17(19)12-24/h3-6,11,13H,7-10H2,1-2H3. The van der Waals surface area contributed by atoms with Crippen LogP contribution in [0.5, 0.6) is 0 Å². The van der Waals surface area contributed by atoms with Crippen LogP contribution in [0.4, 0.5) is 10.1 Å². The predicted molar refractivity (Wildman–Crippen MR) is 115 cm³/mol. The number of rotatable bonds is 3. The summed E-state index contributed by atoms with van der Waals surface area (Å²) in [5.74, 6) is -0.237. The molecule has 1 aromatic carbocycles. The van der Waals surface area contributed by atoms with Crippen LogP contribution in [-0.4, -0.2) is 35.6 Å². The predicted octanol–water partition coefficient (Wildman–Crippen LogP) is 4.15. The zero-order chi connectivity index (χ0) is 20.7. The number of benzene rings is 1. The van der Waals surface area contributed by atoms with E-state index >= 15 is 0 Å². The van der Waals surface area contributed by atoms with E-state index < -0.39 is 0 Å². The van der Waals surface area contributed by atoms with E-state index in [9.17, 15) is 14.4 Å². The van der Waals surface area contributed by atoms with Crippen molar-refractivity contribution >= 4 is 38.8 Å². The van der Waals surface area contributed by atoms with E-state index in [1.165, 1.54) is 28.0 Å². The molecule has 0 N–H and O–H groups in total. The molecule has 29 heavy (non-hydrogen) atoms. The molecular formula is C21H20ClFN4OS. The third kappa shape index (κ3) is 3.52. The Morgan fingerprint density at radius 3 is 2.48 bits per heavy atom. The molecule has 0 saturated carbocycles. The average Bonchev–Trinajstić information content (AvgIpc) is 3.12. The zero-order valence-electron chi connectivity index (χ0n) is 16.2. The highest BCUT2D eigenvalue weighted by molar-refractivity contribution is 7.22. The quantitative estimate of drug-likeness (QED) is 0.626. The maximum Gasteiger partial charge on any atom is 0.271 e. The summed E-state index contributed by atoms with van der Waals surface area (Å²) in [6.07, 6.45) is 0. The zero-order valence-corrected chi connectivity index (χ0v) is 17.7. The monoisotopic (exact) mass is 430 g/mol. The third-order valence-electron chi connectivity index (χ3n) is 5.64. The van der Waals surface area contributed by atoms with Crippen LogP contribution in [0.15, 0.2) is 35.1 Å². The Labute approximate surface area is 177 Å². The third-order valence-corrected chi connectivity index (χ3v) is 6.98. The Bertz CT molecular complexity index is 1160. The fraction of sp³-hybridized carbons (Fsp3) is 0.333. The Hall–Kier alpha value is -2.40. The lowest BCUT2D eigenvalue weighted by Gasteiger charge is -2.39. The van der Waals surface area contributed by atoms with Crippen molar-refractivity contribution in [2.24, 2.45) is 7.05 Å². The molecule has 1 atom stereocenters. The first kappa shape index (κ1) is 19.9. The van der Waals surface area contributed by atoms with Gasteiger partial charge in [-0.2, -0.15) is 5.26 Å². The number of nitrogens with zero attached hydrogens (tertiary/aromatic N) is 4. The summed E-state index contributed by atoms with van der Waals surface area (Å²) >= 11 is 7.57. The molecule has 0 radical (unpaired) electrons. The summed E-state index contributed by atoms with van der Waals surface area (Å²) < 4.78 is 15.3. The number of hydrogen-bond acceptors (Lipinski definition) is 5. The SMILES string of the molecule is CC(c1ccc(F)cc1)N1CCN(c2c(C#N)c(=O)n(C)c3sc(Cl)cc23)CC1. The molecule has 2 aromatic heterocycles. The Balaban J connectivity index is 1.63. The van der Waals surface area contributed by atoms with Crippen molar-refractivity contribution in [1.82, 2.24) is 9.47 Å². The molecule has 1 saturated heterocycles. The fourth-order valence-corrected chi connectivity index (χ4v) is 5.16. The maximum atomic E-state index is 13.2. The normalized spacial score (nSPS) is 16.2. The van der Waals surface area contributed by atoms with Gasteiger partial charge in [-0.1, -0.05) is 23.7 Å². The number of thiophene rings is 1. The smallest absolute Gasteiger partial charge is 0.271 e. The van der Waals surface area contributed by atoms with Crippen LogP contribution >= 0.6 is 22.9 Å². The minimum Gasteiger partial charge on any atom is -0.367 e. The van der Waals surface area contributed by atoms with Crippen molar-refractivity contribution in [3.63, 3.8) is 0 Å². The number of nitriles is 1. The highest BCUT2D eigenvalue weighted by Crippen LogP contribution is 2.37. The van der Waals surface area contributed by atoms with Crippen molar-refractivity contribution in [1.29, 1.82) is 5.26 Å². The van der Waals surface area contributed by atoms with E-state index in [1.807, 2.05) is 18.2 Å². The van der Waals surface area contributed by atoms with Gasteiger partial charge in [0.05, 0.1) is 10.0 Å². The second-order valence-corrected chi connectivity index (χ2v) is 8.88. The lowest BCUT2D eigenvalue weighted by atomic mass is 10.1. The Morgan fingerprint density at radius 1 is 1.21 bits per heavy atom. The molecule has 1 fully saturated rings. The number of pyridine rings is 1. The average molecular weight is 431 g/mol. The van der Waals surface area contributed by atoms with Gasteiger partial charge in [0, 0.05) is 44.7 Å². The summed E-state index contributed by atoms with van der Waals surface area (Å²) in [6, 6.07) is 10.7. The molecule has 150 valence electrons. The van der Waals surface area contributed by atoms with Crippen LogP contribution in [0, 0.1) is 17.1 Å². The fourth-order valence-electron chi connectivity index (χ4n) is 3.98. The molecule has 4 rings (SSSR count). The molecule has 1 aliphatic heterocycles. The van der Waals surface area contributed by atoms with E-state index in [0.29, 0.717) is 23.1 Å². The van der Waals surface area contributed by atoms with Gasteiger partial charge in [0.15, 0.2) is 0 Å². The van der Waals surface area contributed by atoms with E-state index in [0.717, 1.165) is 28.9 Å². The Morgan fingerprint density at radius 2 is 1.86 bits per heavy atom. The van der Waals surface area contributed by atoms with Gasteiger partial charge in [0.25, 0.3) is 5.56 Å². The minimum absolute atomic E-state index is 0.160. The van der Waals surface area contributed by atoms with Gasteiger partial charge < -0.3 is 9.47 Å². The van der Waals surface area contributed by atoms with Crippen molar-refractivity contribution in [3.05, 3.63) is 62.0 Å². The van der Waals surface area contributed by atoms with E-state index in [2.05, 4.69) is 22.8 Å². The molecule has 0 spiro atoms. The van der Waals surface area contributed by atoms with Crippen LogP contribution in [0.25, 0.3) is 10.2 Å². The summed E-state index contributed by atoms with van der Waals surface area (Å²) in [4.78, 5) is 17.9. The van der Waals surface area contributed by atoms with Gasteiger partial charge in [-0.3, -0.25) is 9.69 Å². The number of piperazine rings is 1. The molecule has 3 heterocycles. The first-order chi connectivity index (χ1) is 13.9. The second-order valence-electron chi connectivity index (χ2n) is 7.22. The molecule has 0 aliphatic carbocycles. The van der Waals surface area contributed by atoms with Crippen LogP contribution in [0.1, 0.15) is 24.1 Å². The molecule has 3 aromatic rings. The summed E-state index contributed by atoms with van der Waals surface area (Å²) in [6.45, 7) is 5.04. The second kappa shape index (κ2) is 7.79. The first-order valence-corrected chi connectivity index (χ1v) is 10.6. The van der Waals surface area contributed by atoms with Gasteiger partial charge in [-0.25, -0.2) is 4.39 Å². The largest absolute Gasteiger partial charge is 0.367 e. The first-order valence-electron chi connectivity index (χ1n) is 9.37. The van der Waals surface area contributed by atoms with Crippen molar-refractivity contribution < 1.29 is 4.39 Å². The number of fused-ring (bicyclic) bond motifs is 1. The molecular weight excluding hydrogens is 411 g/mol. The van der Waals surface area contributed by atoms with Gasteiger partial charge in [0.1, 0.15) is 22.3 Å². The van der Waals surface area contributed by atoms with Crippen LogP contribution in [0.2, 0.25) is 4.34 Å². The van der Waals surface area contributed by atoms with Crippen molar-refractivity contribution in [2.75, 3.05) is 31.1 Å². The topological polar surface area (TPSA) is 52.3 Å². The molecule has 1 aliphatic rings. The molecule has 1 unspecified atom stereocenters. The Kier molecular flexibility index (Phi) is 5.34. The summed E-state index contributed by atoms with van der Waals surface area (Å²) in [5.41, 5.74) is 1.62. The summed E-state index contributed by atoms with van der Waals surface area (Å²) in [5, 5.41) is 10.5. The van der Waals surface area contributed by atoms with Gasteiger partial charge in [0.2, 0.25) is 0 Å². The van der Waals surface area contributed by atoms with E-state index in [4.69, 9.17) is 11.6 Å². The van der Waals surface area contributed by atoms with Crippen LogP contribution < -0.4 is 10.5 Å². The van der Waals surface area contributed by atoms with Crippen molar-refractivity contribution in [2.45, 2.75) is 13.0 Å². The number of halogens is 2. The van der Waals surface area contributed by atoms with E-state index in [-0.39, 0.29) is 23.0 Å². The number of anilines is 1. The van der Waals surface area contributed by atoms with Crippen molar-refractivity contribution in [3.8, 4) is 6.07 Å². The van der Waals surface area contributed by atoms with Gasteiger partial charge >= 0.3 is 0 Å². The maximum absolute atomic E-state index is 13.2. The molecule has 8 heteroatoms. The molecule has 0 amide bonds. The number of hydrogen-bond donors (Lipinski definition) is 0. The lowest BCUT2D eigenvalue weighted by molar-refractivity contribution is 0.198. The lowest BCUT2D eigenvalue weighted by Crippen LogP contribution is -2.48. The number of aryl methyl sites for hydroxylation is 1. The van der Waals surface area contributed by atoms with Gasteiger partial charge in [-0.15, -0.1) is 11.3 Å². The van der Waals surface area contributed by atoms with Crippen LogP contribution in [0.3, 0.4) is 0 Å². The van der Waals surface area contributed by atoms with Crippen LogP contribution in [-0.2, 0) is 7.05 Å². The minimum atomic E-state index is -0.296. The summed E-state index contributed by atoms with van der Waals surface area (Å²) in [7, 11) is 1.67. The van der Waals surface area contributed by atoms with E-state index in [1.54, 1.807) is 7.05 Å². The molecule has 0 bridgehead atoms. The highest BCUT2D eigenvalue weighted by Gasteiger charge is 2.27. The molecule has 5 nitrogen and oxygen atoms in total.